The molecule has 2 aromatic carbocycles. The predicted molar refractivity (Wildman–Crippen MR) is 231 cm³/mol. The fourth-order valence-corrected chi connectivity index (χ4v) is 11.0. The van der Waals surface area contributed by atoms with E-state index in [1.165, 1.54) is 43.1 Å². The summed E-state index contributed by atoms with van der Waals surface area (Å²) in [5, 5.41) is 19.2. The highest BCUT2D eigenvalue weighted by Crippen LogP contribution is 2.43. The van der Waals surface area contributed by atoms with Crippen molar-refractivity contribution in [2.45, 2.75) is 113 Å². The summed E-state index contributed by atoms with van der Waals surface area (Å²) in [6.07, 6.45) is 6.84. The molecule has 1 atom stereocenters. The van der Waals surface area contributed by atoms with E-state index in [1.807, 2.05) is 12.1 Å². The highest BCUT2D eigenvalue weighted by atomic mass is 32.2. The van der Waals surface area contributed by atoms with Gasteiger partial charge in [0.15, 0.2) is 0 Å². The number of alkyl halides is 3. The lowest BCUT2D eigenvalue weighted by molar-refractivity contribution is -0.137. The van der Waals surface area contributed by atoms with E-state index >= 15 is 4.39 Å². The number of carbonyl (C=O) groups is 2. The molecule has 5 heterocycles. The Balaban J connectivity index is 0.790. The van der Waals surface area contributed by atoms with E-state index in [0.717, 1.165) is 88.6 Å². The van der Waals surface area contributed by atoms with Crippen LogP contribution in [0.25, 0.3) is 11.3 Å². The molecule has 1 spiro atoms. The van der Waals surface area contributed by atoms with Gasteiger partial charge in [0.2, 0.25) is 27.8 Å². The molecule has 3 saturated heterocycles. The lowest BCUT2D eigenvalue weighted by atomic mass is 9.71. The molecule has 2 amide bonds. The number of nitrogens with zero attached hydrogens (tertiary/aromatic N) is 6. The van der Waals surface area contributed by atoms with E-state index in [0.29, 0.717) is 43.2 Å². The molecule has 3 aliphatic heterocycles. The number of anilines is 3. The number of hydrogen-bond donors (Lipinski definition) is 4. The van der Waals surface area contributed by atoms with Crippen LogP contribution < -0.4 is 20.3 Å². The summed E-state index contributed by atoms with van der Waals surface area (Å²) in [6.45, 7) is 8.13. The number of aromatic nitrogens is 4. The van der Waals surface area contributed by atoms with Gasteiger partial charge in [-0.1, -0.05) is 12.1 Å². The van der Waals surface area contributed by atoms with Crippen LogP contribution in [0.15, 0.2) is 66.0 Å². The van der Waals surface area contributed by atoms with Crippen molar-refractivity contribution in [2.75, 3.05) is 42.9 Å². The molecule has 2 aromatic heterocycles. The Labute approximate surface area is 370 Å². The minimum atomic E-state index is -4.81. The number of nitrogens with one attached hydrogen (secondary N) is 3. The minimum Gasteiger partial charge on any atom is -0.389 e. The molecular formula is C45H55F4N9O5S. The largest absolute Gasteiger partial charge is 0.419 e. The highest BCUT2D eigenvalue weighted by molar-refractivity contribution is 7.89. The molecule has 8 rings (SSSR count). The lowest BCUT2D eigenvalue weighted by Crippen LogP contribution is -2.48. The van der Waals surface area contributed by atoms with E-state index in [2.05, 4.69) is 52.4 Å². The van der Waals surface area contributed by atoms with Crippen molar-refractivity contribution >= 4 is 39.2 Å². The van der Waals surface area contributed by atoms with Gasteiger partial charge in [-0.15, -0.1) is 0 Å². The number of carbonyl (C=O) groups excluding carboxylic acids is 2. The second kappa shape index (κ2) is 18.1. The van der Waals surface area contributed by atoms with Crippen molar-refractivity contribution in [2.24, 2.45) is 11.3 Å². The second-order valence-corrected chi connectivity index (χ2v) is 20.4. The number of hydrogen-bond acceptors (Lipinski definition) is 11. The van der Waals surface area contributed by atoms with Gasteiger partial charge in [0.1, 0.15) is 11.4 Å². The van der Waals surface area contributed by atoms with Gasteiger partial charge in [-0.25, -0.2) is 27.5 Å². The third kappa shape index (κ3) is 10.7. The van der Waals surface area contributed by atoms with Crippen LogP contribution in [0.4, 0.5) is 34.9 Å². The molecule has 0 radical (unpaired) electrons. The average molecular weight is 910 g/mol. The van der Waals surface area contributed by atoms with Crippen molar-refractivity contribution in [1.29, 1.82) is 0 Å². The van der Waals surface area contributed by atoms with Crippen molar-refractivity contribution in [1.82, 2.24) is 34.7 Å². The number of imide groups is 1. The summed E-state index contributed by atoms with van der Waals surface area (Å²) in [7, 11) is -4.08. The van der Waals surface area contributed by atoms with Crippen LogP contribution in [-0.2, 0) is 32.3 Å². The van der Waals surface area contributed by atoms with Gasteiger partial charge < -0.3 is 20.2 Å². The highest BCUT2D eigenvalue weighted by Gasteiger charge is 2.39. The summed E-state index contributed by atoms with van der Waals surface area (Å²) in [6, 6.07) is 11.2. The summed E-state index contributed by atoms with van der Waals surface area (Å²) in [4.78, 5) is 36.4. The smallest absolute Gasteiger partial charge is 0.389 e. The molecule has 64 heavy (non-hydrogen) atoms. The maximum absolute atomic E-state index is 15.4. The van der Waals surface area contributed by atoms with Crippen LogP contribution in [0.1, 0.15) is 95.1 Å². The summed E-state index contributed by atoms with van der Waals surface area (Å²) in [5.74, 6) is -1.55. The Kier molecular flexibility index (Phi) is 12.9. The molecule has 1 unspecified atom stereocenters. The van der Waals surface area contributed by atoms with E-state index in [9.17, 15) is 36.3 Å². The van der Waals surface area contributed by atoms with Gasteiger partial charge >= 0.3 is 6.18 Å². The van der Waals surface area contributed by atoms with Crippen LogP contribution in [-0.4, -0.2) is 94.4 Å². The summed E-state index contributed by atoms with van der Waals surface area (Å²) >= 11 is 0. The van der Waals surface area contributed by atoms with Crippen LogP contribution >= 0.6 is 0 Å². The molecule has 1 aliphatic carbocycles. The van der Waals surface area contributed by atoms with Gasteiger partial charge in [-0.3, -0.25) is 19.6 Å². The zero-order chi connectivity index (χ0) is 45.4. The van der Waals surface area contributed by atoms with Gasteiger partial charge in [-0.05, 0) is 132 Å². The van der Waals surface area contributed by atoms with E-state index in [4.69, 9.17) is 0 Å². The standard InChI is InChI=1S/C45H55F4N9O5S/c1-43(2,61)28-58-27-31(24-51-58)40-36(45(47,48)49)25-50-42(54-40)52-38-13-11-34(23-37(38)46)64(62,63)55-32-7-3-29(4-8-32)26-56-19-15-44(16-20-56)17-21-57(22-18-44)33-9-5-30(6-10-33)35-12-14-39(59)53-41(35)60/h5-6,9-11,13,23-25,27,29,32,35,55,61H,3-4,7-8,12,14-22,26,28H2,1-2H3,(H,50,52,54)(H,53,59,60). The van der Waals surface area contributed by atoms with Gasteiger partial charge in [-0.2, -0.15) is 18.3 Å². The molecule has 19 heteroatoms. The quantitative estimate of drug-likeness (QED) is 0.0875. The zero-order valence-corrected chi connectivity index (χ0v) is 36.8. The number of benzene rings is 2. The first kappa shape index (κ1) is 45.6. The topological polar surface area (TPSA) is 175 Å². The number of sulfonamides is 1. The predicted octanol–water partition coefficient (Wildman–Crippen LogP) is 6.75. The van der Waals surface area contributed by atoms with E-state index < -0.39 is 38.9 Å². The van der Waals surface area contributed by atoms with Gasteiger partial charge in [0.25, 0.3) is 0 Å². The van der Waals surface area contributed by atoms with Gasteiger partial charge in [0.05, 0.1) is 40.5 Å². The number of rotatable bonds is 12. The SMILES string of the molecule is CC(C)(O)Cn1cc(-c2nc(Nc3ccc(S(=O)(=O)NC4CCC(CN5CCC6(CC5)CCN(c5ccc(C7CCC(=O)NC7=O)cc5)CC6)CC4)cc3F)ncc2C(F)(F)F)cn1. The van der Waals surface area contributed by atoms with E-state index in [1.54, 1.807) is 0 Å². The number of piperidine rings is 3. The van der Waals surface area contributed by atoms with Crippen LogP contribution in [0.3, 0.4) is 0 Å². The Bertz CT molecular complexity index is 2430. The molecule has 1 saturated carbocycles. The molecule has 4 aliphatic rings. The molecule has 4 aromatic rings. The lowest BCUT2D eigenvalue weighted by Gasteiger charge is -2.48. The number of likely N-dealkylation sites (tertiary alicyclic amines) is 1. The Hall–Kier alpha value is -4.98. The van der Waals surface area contributed by atoms with Crippen LogP contribution in [0.5, 0.6) is 0 Å². The number of amides is 2. The average Bonchev–Trinajstić information content (AvgIpc) is 3.70. The first-order valence-corrected chi connectivity index (χ1v) is 23.5. The fraction of sp³-hybridized carbons (Fsp3) is 0.533. The van der Waals surface area contributed by atoms with E-state index in [-0.39, 0.29) is 52.4 Å². The van der Waals surface area contributed by atoms with Crippen molar-refractivity contribution in [3.63, 3.8) is 0 Å². The van der Waals surface area contributed by atoms with Gasteiger partial charge in [0, 0.05) is 55.7 Å². The Morgan fingerprint density at radius 2 is 1.61 bits per heavy atom. The van der Waals surface area contributed by atoms with Crippen LogP contribution in [0.2, 0.25) is 0 Å². The van der Waals surface area contributed by atoms with Crippen LogP contribution in [0, 0.1) is 17.2 Å². The first-order valence-electron chi connectivity index (χ1n) is 22.0. The van der Waals surface area contributed by atoms with Crippen molar-refractivity contribution in [3.8, 4) is 11.3 Å². The Morgan fingerprint density at radius 1 is 0.922 bits per heavy atom. The zero-order valence-electron chi connectivity index (χ0n) is 36.0. The molecule has 4 fully saturated rings. The third-order valence-electron chi connectivity index (χ3n) is 13.4. The minimum absolute atomic E-state index is 0.00715. The maximum Gasteiger partial charge on any atom is 0.419 e. The summed E-state index contributed by atoms with van der Waals surface area (Å²) < 4.78 is 88.0. The second-order valence-electron chi connectivity index (χ2n) is 18.7. The van der Waals surface area contributed by atoms with Crippen molar-refractivity contribution < 1.29 is 40.7 Å². The number of aliphatic hydroxyl groups is 1. The maximum atomic E-state index is 15.4. The first-order chi connectivity index (χ1) is 30.3. The molecule has 4 N–H and O–H groups in total. The molecule has 0 bridgehead atoms. The number of halogens is 4. The summed E-state index contributed by atoms with van der Waals surface area (Å²) in [5.41, 5.74) is -0.586. The normalized spacial score (nSPS) is 22.4. The molecule has 14 nitrogen and oxygen atoms in total. The third-order valence-corrected chi connectivity index (χ3v) is 14.9. The fourth-order valence-electron chi connectivity index (χ4n) is 9.72. The monoisotopic (exact) mass is 909 g/mol. The molecular weight excluding hydrogens is 855 g/mol. The van der Waals surface area contributed by atoms with Crippen molar-refractivity contribution in [3.05, 3.63) is 78.0 Å². The Morgan fingerprint density at radius 3 is 2.25 bits per heavy atom. The molecule has 344 valence electrons.